The van der Waals surface area contributed by atoms with Gasteiger partial charge in [0.1, 0.15) is 5.25 Å². The predicted molar refractivity (Wildman–Crippen MR) is 88.9 cm³/mol. The van der Waals surface area contributed by atoms with E-state index in [1.165, 1.54) is 18.2 Å². The summed E-state index contributed by atoms with van der Waals surface area (Å²) < 4.78 is 0. The van der Waals surface area contributed by atoms with E-state index in [9.17, 15) is 9.59 Å². The number of likely N-dealkylation sites (tertiary alicyclic amines) is 1. The van der Waals surface area contributed by atoms with Crippen molar-refractivity contribution in [1.82, 2.24) is 4.90 Å². The molecule has 6 heteroatoms. The van der Waals surface area contributed by atoms with Crippen molar-refractivity contribution in [1.29, 1.82) is 0 Å². The molecule has 116 valence electrons. The summed E-state index contributed by atoms with van der Waals surface area (Å²) in [5, 5.41) is 3.22. The minimum absolute atomic E-state index is 0.146. The summed E-state index contributed by atoms with van der Waals surface area (Å²) in [5.41, 5.74) is 0.750. The first-order valence-electron chi connectivity index (χ1n) is 7.61. The molecule has 1 aromatic rings. The third-order valence-corrected chi connectivity index (χ3v) is 5.00. The van der Waals surface area contributed by atoms with Gasteiger partial charge in [-0.2, -0.15) is 4.99 Å². The van der Waals surface area contributed by atoms with E-state index in [4.69, 9.17) is 0 Å². The van der Waals surface area contributed by atoms with E-state index in [1.54, 1.807) is 0 Å². The fraction of sp³-hybridized carbons (Fsp3) is 0.438. The molecule has 0 saturated carbocycles. The number of carbonyl (C=O) groups excluding carboxylic acids is 2. The fourth-order valence-corrected chi connectivity index (χ4v) is 3.75. The molecular formula is C16H19N3O2S. The number of nitrogens with zero attached hydrogens (tertiary/aromatic N) is 2. The standard InChI is InChI=1S/C16H19N3O2S/c20-14(17-12-7-3-1-4-8-12)11-13-15(21)18-16(22-13)19-9-5-2-6-10-19/h1,3-4,7-8,13H,2,5-6,9-11H2,(H,17,20)/t13-/m0/s1. The van der Waals surface area contributed by atoms with Crippen LogP contribution in [0.25, 0.3) is 0 Å². The molecular weight excluding hydrogens is 298 g/mol. The fourth-order valence-electron chi connectivity index (χ4n) is 2.63. The molecule has 1 saturated heterocycles. The Balaban J connectivity index is 1.53. The molecule has 0 aliphatic carbocycles. The van der Waals surface area contributed by atoms with Crippen molar-refractivity contribution in [2.75, 3.05) is 18.4 Å². The van der Waals surface area contributed by atoms with E-state index in [2.05, 4.69) is 15.2 Å². The van der Waals surface area contributed by atoms with Crippen LogP contribution in [0.1, 0.15) is 25.7 Å². The van der Waals surface area contributed by atoms with Crippen LogP contribution in [0.3, 0.4) is 0 Å². The van der Waals surface area contributed by atoms with Crippen molar-refractivity contribution in [2.24, 2.45) is 4.99 Å². The Morgan fingerprint density at radius 3 is 2.68 bits per heavy atom. The van der Waals surface area contributed by atoms with Crippen LogP contribution in [0.15, 0.2) is 35.3 Å². The Kier molecular flexibility index (Phi) is 4.77. The number of para-hydroxylation sites is 1. The van der Waals surface area contributed by atoms with E-state index in [0.717, 1.165) is 36.8 Å². The lowest BCUT2D eigenvalue weighted by Crippen LogP contribution is -2.33. The number of benzene rings is 1. The van der Waals surface area contributed by atoms with Crippen molar-refractivity contribution in [3.05, 3.63) is 30.3 Å². The van der Waals surface area contributed by atoms with Crippen LogP contribution in [0, 0.1) is 0 Å². The van der Waals surface area contributed by atoms with E-state index < -0.39 is 0 Å². The second kappa shape index (κ2) is 6.96. The minimum atomic E-state index is -0.388. The molecule has 1 aromatic carbocycles. The van der Waals surface area contributed by atoms with Gasteiger partial charge in [-0.05, 0) is 31.4 Å². The number of rotatable bonds is 3. The molecule has 2 heterocycles. The highest BCUT2D eigenvalue weighted by molar-refractivity contribution is 8.15. The summed E-state index contributed by atoms with van der Waals surface area (Å²) in [6.45, 7) is 1.92. The van der Waals surface area contributed by atoms with Crippen molar-refractivity contribution in [3.63, 3.8) is 0 Å². The molecule has 2 aliphatic heterocycles. The normalized spacial score (nSPS) is 21.6. The zero-order valence-corrected chi connectivity index (χ0v) is 13.1. The topological polar surface area (TPSA) is 61.8 Å². The molecule has 22 heavy (non-hydrogen) atoms. The van der Waals surface area contributed by atoms with Crippen molar-refractivity contribution in [3.8, 4) is 0 Å². The first kappa shape index (κ1) is 15.1. The summed E-state index contributed by atoms with van der Waals surface area (Å²) in [7, 11) is 0. The average Bonchev–Trinajstić information content (AvgIpc) is 2.90. The first-order chi connectivity index (χ1) is 10.7. The van der Waals surface area contributed by atoms with Crippen molar-refractivity contribution >= 4 is 34.4 Å². The number of amides is 2. The number of piperidine rings is 1. The van der Waals surface area contributed by atoms with Gasteiger partial charge in [0.25, 0.3) is 5.91 Å². The van der Waals surface area contributed by atoms with Crippen LogP contribution >= 0.6 is 11.8 Å². The monoisotopic (exact) mass is 317 g/mol. The number of hydrogen-bond acceptors (Lipinski definition) is 4. The van der Waals surface area contributed by atoms with Gasteiger partial charge in [0.2, 0.25) is 5.91 Å². The Morgan fingerprint density at radius 2 is 1.95 bits per heavy atom. The Labute approximate surface area is 134 Å². The maximum absolute atomic E-state index is 12.1. The molecule has 1 N–H and O–H groups in total. The highest BCUT2D eigenvalue weighted by Gasteiger charge is 2.33. The lowest BCUT2D eigenvalue weighted by molar-refractivity contribution is -0.121. The third-order valence-electron chi connectivity index (χ3n) is 3.78. The number of thioether (sulfide) groups is 1. The smallest absolute Gasteiger partial charge is 0.262 e. The zero-order chi connectivity index (χ0) is 15.4. The summed E-state index contributed by atoms with van der Waals surface area (Å²) in [4.78, 5) is 30.4. The number of anilines is 1. The molecule has 2 aliphatic rings. The minimum Gasteiger partial charge on any atom is -0.351 e. The lowest BCUT2D eigenvalue weighted by Gasteiger charge is -2.27. The molecule has 2 amide bonds. The van der Waals surface area contributed by atoms with Gasteiger partial charge in [-0.1, -0.05) is 30.0 Å². The number of hydrogen-bond donors (Lipinski definition) is 1. The molecule has 0 spiro atoms. The number of carbonyl (C=O) groups is 2. The van der Waals surface area contributed by atoms with E-state index in [-0.39, 0.29) is 23.5 Å². The molecule has 3 rings (SSSR count). The third kappa shape index (κ3) is 3.68. The molecule has 1 atom stereocenters. The summed E-state index contributed by atoms with van der Waals surface area (Å²) in [6, 6.07) is 9.28. The average molecular weight is 317 g/mol. The van der Waals surface area contributed by atoms with Gasteiger partial charge in [0.05, 0.1) is 0 Å². The van der Waals surface area contributed by atoms with E-state index in [1.807, 2.05) is 30.3 Å². The maximum Gasteiger partial charge on any atom is 0.262 e. The van der Waals surface area contributed by atoms with E-state index in [0.29, 0.717) is 0 Å². The maximum atomic E-state index is 12.1. The number of aliphatic imine (C=N–C) groups is 1. The van der Waals surface area contributed by atoms with Crippen LogP contribution in [-0.4, -0.2) is 40.2 Å². The van der Waals surface area contributed by atoms with Gasteiger partial charge in [-0.15, -0.1) is 0 Å². The molecule has 1 fully saturated rings. The SMILES string of the molecule is O=C(C[C@@H]1SC(N2CCCCC2)=NC1=O)Nc1ccccc1. The molecule has 0 bridgehead atoms. The van der Waals surface area contributed by atoms with E-state index >= 15 is 0 Å². The highest BCUT2D eigenvalue weighted by Crippen LogP contribution is 2.29. The van der Waals surface area contributed by atoms with Gasteiger partial charge in [0.15, 0.2) is 5.17 Å². The van der Waals surface area contributed by atoms with Crippen LogP contribution in [-0.2, 0) is 9.59 Å². The van der Waals surface area contributed by atoms with Gasteiger partial charge in [-0.25, -0.2) is 0 Å². The molecule has 0 aromatic heterocycles. The van der Waals surface area contributed by atoms with Crippen LogP contribution < -0.4 is 5.32 Å². The van der Waals surface area contributed by atoms with Crippen molar-refractivity contribution < 1.29 is 9.59 Å². The molecule has 0 unspecified atom stereocenters. The predicted octanol–water partition coefficient (Wildman–Crippen LogP) is 2.50. The molecule has 0 radical (unpaired) electrons. The number of nitrogens with one attached hydrogen (secondary N) is 1. The molecule has 5 nitrogen and oxygen atoms in total. The van der Waals surface area contributed by atoms with Gasteiger partial charge in [0, 0.05) is 25.2 Å². The second-order valence-corrected chi connectivity index (χ2v) is 6.68. The highest BCUT2D eigenvalue weighted by atomic mass is 32.2. The Hall–Kier alpha value is -1.82. The van der Waals surface area contributed by atoms with Crippen LogP contribution in [0.4, 0.5) is 5.69 Å². The summed E-state index contributed by atoms with van der Waals surface area (Å²) >= 11 is 1.43. The van der Waals surface area contributed by atoms with Crippen LogP contribution in [0.5, 0.6) is 0 Å². The second-order valence-electron chi connectivity index (χ2n) is 5.51. The summed E-state index contributed by atoms with van der Waals surface area (Å²) in [5.74, 6) is -0.332. The van der Waals surface area contributed by atoms with Gasteiger partial charge in [-0.3, -0.25) is 9.59 Å². The lowest BCUT2D eigenvalue weighted by atomic mass is 10.1. The quantitative estimate of drug-likeness (QED) is 0.930. The Bertz CT molecular complexity index is 582. The summed E-state index contributed by atoms with van der Waals surface area (Å²) in [6.07, 6.45) is 3.70. The Morgan fingerprint density at radius 1 is 1.23 bits per heavy atom. The van der Waals surface area contributed by atoms with Crippen LogP contribution in [0.2, 0.25) is 0 Å². The van der Waals surface area contributed by atoms with Gasteiger partial charge < -0.3 is 10.2 Å². The van der Waals surface area contributed by atoms with Gasteiger partial charge >= 0.3 is 0 Å². The zero-order valence-electron chi connectivity index (χ0n) is 12.3. The number of amidine groups is 1. The largest absolute Gasteiger partial charge is 0.351 e. The van der Waals surface area contributed by atoms with Crippen molar-refractivity contribution in [2.45, 2.75) is 30.9 Å². The first-order valence-corrected chi connectivity index (χ1v) is 8.49.